The van der Waals surface area contributed by atoms with E-state index in [-0.39, 0.29) is 5.70 Å². The molecule has 188 valence electrons. The molecule has 1 aliphatic heterocycles. The maximum Gasteiger partial charge on any atom is 0.573 e. The van der Waals surface area contributed by atoms with Crippen molar-refractivity contribution < 1.29 is 40.6 Å². The summed E-state index contributed by atoms with van der Waals surface area (Å²) in [4.78, 5) is 14.8. The summed E-state index contributed by atoms with van der Waals surface area (Å²) in [5, 5.41) is 2.90. The van der Waals surface area contributed by atoms with Gasteiger partial charge in [-0.05, 0) is 67.1 Å². The molecule has 0 saturated heterocycles. The predicted octanol–water partition coefficient (Wildman–Crippen LogP) is 6.88. The van der Waals surface area contributed by atoms with Crippen molar-refractivity contribution in [3.8, 4) is 11.5 Å². The molecule has 4 rings (SSSR count). The summed E-state index contributed by atoms with van der Waals surface area (Å²) >= 11 is 0. The molecule has 3 aromatic carbocycles. The van der Waals surface area contributed by atoms with E-state index >= 15 is 0 Å². The van der Waals surface area contributed by atoms with E-state index in [0.29, 0.717) is 11.4 Å². The first-order valence-corrected chi connectivity index (χ1v) is 10.5. The van der Waals surface area contributed by atoms with Gasteiger partial charge < -0.3 is 14.8 Å². The van der Waals surface area contributed by atoms with E-state index in [1.807, 2.05) is 31.2 Å². The molecular weight excluding hydrogens is 490 g/mol. The second-order valence-electron chi connectivity index (χ2n) is 7.85. The third-order valence-electron chi connectivity index (χ3n) is 5.15. The Kier molecular flexibility index (Phi) is 6.57. The Hall–Kier alpha value is -4.15. The molecule has 1 aliphatic rings. The number of anilines is 2. The fourth-order valence-corrected chi connectivity index (χ4v) is 3.74. The zero-order valence-electron chi connectivity index (χ0n) is 18.5. The van der Waals surface area contributed by atoms with Gasteiger partial charge in [-0.3, -0.25) is 9.69 Å². The molecule has 0 spiro atoms. The van der Waals surface area contributed by atoms with Crippen LogP contribution in [0, 0.1) is 6.92 Å². The van der Waals surface area contributed by atoms with E-state index in [4.69, 9.17) is 0 Å². The summed E-state index contributed by atoms with van der Waals surface area (Å²) in [5.41, 5.74) is 2.49. The Morgan fingerprint density at radius 2 is 1.36 bits per heavy atom. The van der Waals surface area contributed by atoms with Crippen LogP contribution in [-0.2, 0) is 4.79 Å². The first-order chi connectivity index (χ1) is 16.9. The normalized spacial score (nSPS) is 16.1. The molecule has 1 unspecified atom stereocenters. The third kappa shape index (κ3) is 6.09. The van der Waals surface area contributed by atoms with Gasteiger partial charge in [-0.2, -0.15) is 0 Å². The van der Waals surface area contributed by atoms with Crippen molar-refractivity contribution in [2.24, 2.45) is 0 Å². The highest BCUT2D eigenvalue weighted by atomic mass is 19.4. The number of carbonyl (C=O) groups is 1. The van der Waals surface area contributed by atoms with Gasteiger partial charge in [0.15, 0.2) is 0 Å². The van der Waals surface area contributed by atoms with Crippen LogP contribution in [0.25, 0.3) is 0 Å². The van der Waals surface area contributed by atoms with Crippen LogP contribution in [0.1, 0.15) is 17.2 Å². The summed E-state index contributed by atoms with van der Waals surface area (Å²) in [6.45, 7) is 1.88. The lowest BCUT2D eigenvalue weighted by Gasteiger charge is -2.26. The van der Waals surface area contributed by atoms with E-state index in [9.17, 15) is 31.1 Å². The van der Waals surface area contributed by atoms with Crippen LogP contribution in [0.5, 0.6) is 11.5 Å². The molecule has 0 saturated carbocycles. The van der Waals surface area contributed by atoms with Crippen LogP contribution in [0.3, 0.4) is 0 Å². The first-order valence-electron chi connectivity index (χ1n) is 10.5. The minimum atomic E-state index is -4.85. The molecule has 1 N–H and O–H groups in total. The Morgan fingerprint density at radius 1 is 0.806 bits per heavy atom. The third-order valence-corrected chi connectivity index (χ3v) is 5.15. The SMILES string of the molecule is Cc1cccc(C2C=C(Nc3ccc(OC(F)(F)F)cc3)C(=O)N2c2ccc(OC(F)(F)F)cc2)c1. The van der Waals surface area contributed by atoms with Crippen LogP contribution in [0.4, 0.5) is 37.7 Å². The fourth-order valence-electron chi connectivity index (χ4n) is 3.74. The van der Waals surface area contributed by atoms with Gasteiger partial charge in [0.2, 0.25) is 0 Å². The van der Waals surface area contributed by atoms with Crippen LogP contribution >= 0.6 is 0 Å². The number of amides is 1. The van der Waals surface area contributed by atoms with Crippen molar-refractivity contribution in [3.63, 3.8) is 0 Å². The average Bonchev–Trinajstić information content (AvgIpc) is 3.10. The number of hydrogen-bond donors (Lipinski definition) is 1. The number of aryl methyl sites for hydroxylation is 1. The minimum Gasteiger partial charge on any atom is -0.406 e. The lowest BCUT2D eigenvalue weighted by molar-refractivity contribution is -0.275. The van der Waals surface area contributed by atoms with Crippen molar-refractivity contribution >= 4 is 17.3 Å². The summed E-state index contributed by atoms with van der Waals surface area (Å²) in [6.07, 6.45) is -8.05. The Labute approximate surface area is 201 Å². The smallest absolute Gasteiger partial charge is 0.406 e. The number of nitrogens with one attached hydrogen (secondary N) is 1. The molecule has 0 bridgehead atoms. The van der Waals surface area contributed by atoms with Gasteiger partial charge in [-0.1, -0.05) is 29.8 Å². The molecular formula is C25H18F6N2O3. The van der Waals surface area contributed by atoms with E-state index in [1.165, 1.54) is 29.2 Å². The van der Waals surface area contributed by atoms with Gasteiger partial charge >= 0.3 is 12.7 Å². The topological polar surface area (TPSA) is 50.8 Å². The van der Waals surface area contributed by atoms with Gasteiger partial charge in [0, 0.05) is 11.4 Å². The van der Waals surface area contributed by atoms with Crippen LogP contribution in [-0.4, -0.2) is 18.6 Å². The number of ether oxygens (including phenoxy) is 2. The highest BCUT2D eigenvalue weighted by molar-refractivity contribution is 6.11. The number of nitrogens with zero attached hydrogens (tertiary/aromatic N) is 1. The van der Waals surface area contributed by atoms with E-state index < -0.39 is 36.2 Å². The number of halogens is 6. The van der Waals surface area contributed by atoms with Gasteiger partial charge in [0.1, 0.15) is 17.2 Å². The van der Waals surface area contributed by atoms with Crippen LogP contribution in [0.2, 0.25) is 0 Å². The van der Waals surface area contributed by atoms with Crippen molar-refractivity contribution in [2.75, 3.05) is 10.2 Å². The largest absolute Gasteiger partial charge is 0.573 e. The van der Waals surface area contributed by atoms with Gasteiger partial charge in [-0.25, -0.2) is 0 Å². The van der Waals surface area contributed by atoms with Crippen molar-refractivity contribution in [2.45, 2.75) is 25.7 Å². The Morgan fingerprint density at radius 3 is 1.89 bits per heavy atom. The molecule has 11 heteroatoms. The lowest BCUT2D eigenvalue weighted by Crippen LogP contribution is -2.30. The second-order valence-corrected chi connectivity index (χ2v) is 7.85. The van der Waals surface area contributed by atoms with E-state index in [2.05, 4.69) is 14.8 Å². The highest BCUT2D eigenvalue weighted by Gasteiger charge is 2.36. The zero-order valence-corrected chi connectivity index (χ0v) is 18.5. The van der Waals surface area contributed by atoms with Crippen molar-refractivity contribution in [1.29, 1.82) is 0 Å². The fraction of sp³-hybridized carbons (Fsp3) is 0.160. The highest BCUT2D eigenvalue weighted by Crippen LogP contribution is 2.37. The standard InChI is InChI=1S/C25H18F6N2O3/c1-15-3-2-4-16(13-15)22-14-21(32-17-5-9-19(10-6-17)35-24(26,27)28)23(34)33(22)18-7-11-20(12-8-18)36-25(29,30)31/h2-14,22,32H,1H3. The van der Waals surface area contributed by atoms with Crippen molar-refractivity contribution in [3.05, 3.63) is 95.7 Å². The number of alkyl halides is 6. The van der Waals surface area contributed by atoms with Crippen molar-refractivity contribution in [1.82, 2.24) is 0 Å². The maximum absolute atomic E-state index is 13.4. The number of rotatable bonds is 6. The molecule has 0 fully saturated rings. The Balaban J connectivity index is 1.62. The summed E-state index contributed by atoms with van der Waals surface area (Å²) in [7, 11) is 0. The van der Waals surface area contributed by atoms with E-state index in [0.717, 1.165) is 35.4 Å². The molecule has 1 atom stereocenters. The molecule has 1 amide bonds. The summed E-state index contributed by atoms with van der Waals surface area (Å²) in [6, 6.07) is 16.5. The molecule has 0 radical (unpaired) electrons. The van der Waals surface area contributed by atoms with Gasteiger partial charge in [0.05, 0.1) is 6.04 Å². The number of carbonyl (C=O) groups excluding carboxylic acids is 1. The monoisotopic (exact) mass is 508 g/mol. The predicted molar refractivity (Wildman–Crippen MR) is 119 cm³/mol. The quantitative estimate of drug-likeness (QED) is 0.369. The molecule has 0 aliphatic carbocycles. The first kappa shape index (κ1) is 25.0. The number of hydrogen-bond acceptors (Lipinski definition) is 4. The molecule has 36 heavy (non-hydrogen) atoms. The van der Waals surface area contributed by atoms with Gasteiger partial charge in [0.25, 0.3) is 5.91 Å². The minimum absolute atomic E-state index is 0.140. The molecule has 3 aromatic rings. The Bertz CT molecular complexity index is 1270. The zero-order chi connectivity index (χ0) is 26.1. The average molecular weight is 508 g/mol. The molecule has 0 aromatic heterocycles. The van der Waals surface area contributed by atoms with Gasteiger partial charge in [-0.15, -0.1) is 26.3 Å². The summed E-state index contributed by atoms with van der Waals surface area (Å²) in [5.74, 6) is -1.33. The van der Waals surface area contributed by atoms with E-state index in [1.54, 1.807) is 6.08 Å². The maximum atomic E-state index is 13.4. The summed E-state index contributed by atoms with van der Waals surface area (Å²) < 4.78 is 82.5. The lowest BCUT2D eigenvalue weighted by atomic mass is 10.0. The second kappa shape index (κ2) is 9.48. The van der Waals surface area contributed by atoms with Crippen LogP contribution < -0.4 is 19.7 Å². The van der Waals surface area contributed by atoms with Crippen LogP contribution in [0.15, 0.2) is 84.6 Å². The molecule has 5 nitrogen and oxygen atoms in total. The molecule has 1 heterocycles. The number of benzene rings is 3.